The van der Waals surface area contributed by atoms with Gasteiger partial charge in [-0.2, -0.15) is 0 Å². The van der Waals surface area contributed by atoms with Crippen LogP contribution in [-0.2, 0) is 21.3 Å². The molecule has 2 N–H and O–H groups in total. The largest absolute Gasteiger partial charge is 0.447 e. The summed E-state index contributed by atoms with van der Waals surface area (Å²) in [6, 6.07) is 3.10. The predicted octanol–water partition coefficient (Wildman–Crippen LogP) is 1.34. The van der Waals surface area contributed by atoms with Gasteiger partial charge in [0.05, 0.1) is 13.2 Å². The van der Waals surface area contributed by atoms with Crippen LogP contribution in [0, 0.1) is 5.92 Å². The highest BCUT2D eigenvalue weighted by atomic mass is 32.2. The third kappa shape index (κ3) is 6.04. The zero-order valence-electron chi connectivity index (χ0n) is 12.3. The average molecular weight is 304 g/mol. The van der Waals surface area contributed by atoms with E-state index in [1.807, 2.05) is 0 Å². The van der Waals surface area contributed by atoms with E-state index in [0.29, 0.717) is 31.4 Å². The Morgan fingerprint density at radius 3 is 2.70 bits per heavy atom. The predicted molar refractivity (Wildman–Crippen MR) is 76.9 cm³/mol. The summed E-state index contributed by atoms with van der Waals surface area (Å²) in [6.45, 7) is 6.91. The Balaban J connectivity index is 2.20. The van der Waals surface area contributed by atoms with Gasteiger partial charge in [0.1, 0.15) is 5.76 Å². The molecular formula is C13H24N2O4S. The van der Waals surface area contributed by atoms with Crippen LogP contribution in [0.5, 0.6) is 0 Å². The fraction of sp³-hybridized carbons (Fsp3) is 0.692. The van der Waals surface area contributed by atoms with Crippen molar-refractivity contribution >= 4 is 10.0 Å². The zero-order chi connectivity index (χ0) is 15.0. The van der Waals surface area contributed by atoms with Crippen LogP contribution in [0.3, 0.4) is 0 Å². The first-order valence-electron chi connectivity index (χ1n) is 6.76. The van der Waals surface area contributed by atoms with Crippen molar-refractivity contribution in [2.45, 2.75) is 31.9 Å². The summed E-state index contributed by atoms with van der Waals surface area (Å²) >= 11 is 0. The molecule has 7 heteroatoms. The number of nitrogens with one attached hydrogen (secondary N) is 2. The van der Waals surface area contributed by atoms with Gasteiger partial charge in [0.15, 0.2) is 0 Å². The molecule has 0 amide bonds. The molecule has 20 heavy (non-hydrogen) atoms. The van der Waals surface area contributed by atoms with E-state index in [9.17, 15) is 8.42 Å². The van der Waals surface area contributed by atoms with Crippen LogP contribution in [0.2, 0.25) is 0 Å². The van der Waals surface area contributed by atoms with E-state index in [4.69, 9.17) is 9.15 Å². The molecular weight excluding hydrogens is 280 g/mol. The second-order valence-electron chi connectivity index (χ2n) is 4.90. The second kappa shape index (κ2) is 8.41. The molecule has 0 atom stereocenters. The number of rotatable bonds is 10. The van der Waals surface area contributed by atoms with Crippen molar-refractivity contribution in [2.24, 2.45) is 5.92 Å². The van der Waals surface area contributed by atoms with Gasteiger partial charge < -0.3 is 14.5 Å². The fourth-order valence-corrected chi connectivity index (χ4v) is 2.14. The van der Waals surface area contributed by atoms with E-state index in [2.05, 4.69) is 23.9 Å². The standard InChI is InChI=1S/C13H24N2O4S/c1-11(2)6-8-18-9-7-15-10-12-4-5-13(19-12)20(16,17)14-3/h4-5,11,14-15H,6-10H2,1-3H3. The number of hydrogen-bond donors (Lipinski definition) is 2. The van der Waals surface area contributed by atoms with Gasteiger partial charge in [0.2, 0.25) is 5.09 Å². The van der Waals surface area contributed by atoms with Crippen molar-refractivity contribution in [3.63, 3.8) is 0 Å². The molecule has 0 spiro atoms. The van der Waals surface area contributed by atoms with Gasteiger partial charge >= 0.3 is 0 Å². The van der Waals surface area contributed by atoms with Gasteiger partial charge in [-0.05, 0) is 31.5 Å². The molecule has 1 aromatic rings. The summed E-state index contributed by atoms with van der Waals surface area (Å²) in [4.78, 5) is 0. The molecule has 0 aliphatic rings. The van der Waals surface area contributed by atoms with Crippen molar-refractivity contribution in [1.29, 1.82) is 0 Å². The SMILES string of the molecule is CNS(=O)(=O)c1ccc(CNCCOCCC(C)C)o1. The minimum Gasteiger partial charge on any atom is -0.447 e. The van der Waals surface area contributed by atoms with Crippen LogP contribution in [0.25, 0.3) is 0 Å². The minimum absolute atomic E-state index is 0.0648. The molecule has 0 saturated carbocycles. The van der Waals surface area contributed by atoms with E-state index in [-0.39, 0.29) is 5.09 Å². The van der Waals surface area contributed by atoms with E-state index >= 15 is 0 Å². The average Bonchev–Trinajstić information content (AvgIpc) is 2.87. The summed E-state index contributed by atoms with van der Waals surface area (Å²) in [5.74, 6) is 1.24. The normalized spacial score (nSPS) is 12.2. The van der Waals surface area contributed by atoms with Crippen LogP contribution >= 0.6 is 0 Å². The van der Waals surface area contributed by atoms with Gasteiger partial charge in [-0.15, -0.1) is 0 Å². The van der Waals surface area contributed by atoms with E-state index < -0.39 is 10.0 Å². The van der Waals surface area contributed by atoms with Crippen LogP contribution in [0.4, 0.5) is 0 Å². The molecule has 0 bridgehead atoms. The van der Waals surface area contributed by atoms with Crippen LogP contribution in [0.1, 0.15) is 26.0 Å². The minimum atomic E-state index is -3.50. The molecule has 6 nitrogen and oxygen atoms in total. The van der Waals surface area contributed by atoms with Crippen LogP contribution < -0.4 is 10.0 Å². The first-order valence-corrected chi connectivity index (χ1v) is 8.24. The molecule has 0 fully saturated rings. The molecule has 0 saturated heterocycles. The smallest absolute Gasteiger partial charge is 0.273 e. The summed E-state index contributed by atoms with van der Waals surface area (Å²) in [5.41, 5.74) is 0. The lowest BCUT2D eigenvalue weighted by Gasteiger charge is -2.06. The van der Waals surface area contributed by atoms with Crippen molar-refractivity contribution in [2.75, 3.05) is 26.8 Å². The molecule has 116 valence electrons. The zero-order valence-corrected chi connectivity index (χ0v) is 13.1. The quantitative estimate of drug-likeness (QED) is 0.638. The fourth-order valence-electron chi connectivity index (χ4n) is 1.48. The summed E-state index contributed by atoms with van der Waals surface area (Å²) < 4.78 is 35.9. The lowest BCUT2D eigenvalue weighted by atomic mass is 10.1. The summed E-state index contributed by atoms with van der Waals surface area (Å²) in [5, 5.41) is 3.07. The van der Waals surface area contributed by atoms with Gasteiger partial charge in [0, 0.05) is 13.2 Å². The summed E-state index contributed by atoms with van der Waals surface area (Å²) in [6.07, 6.45) is 1.06. The lowest BCUT2D eigenvalue weighted by Crippen LogP contribution is -2.20. The maximum Gasteiger partial charge on any atom is 0.273 e. The number of hydrogen-bond acceptors (Lipinski definition) is 5. The van der Waals surface area contributed by atoms with Gasteiger partial charge in [0.25, 0.3) is 10.0 Å². The van der Waals surface area contributed by atoms with Crippen LogP contribution in [0.15, 0.2) is 21.6 Å². The highest BCUT2D eigenvalue weighted by Gasteiger charge is 2.15. The maximum atomic E-state index is 11.5. The topological polar surface area (TPSA) is 80.6 Å². The molecule has 1 rings (SSSR count). The molecule has 1 aromatic heterocycles. The highest BCUT2D eigenvalue weighted by molar-refractivity contribution is 7.89. The van der Waals surface area contributed by atoms with E-state index in [1.165, 1.54) is 13.1 Å². The first-order chi connectivity index (χ1) is 9.45. The Labute approximate surface area is 120 Å². The number of ether oxygens (including phenoxy) is 1. The monoisotopic (exact) mass is 304 g/mol. The highest BCUT2D eigenvalue weighted by Crippen LogP contribution is 2.12. The third-order valence-electron chi connectivity index (χ3n) is 2.73. The Bertz CT molecular complexity index is 482. The molecule has 0 aliphatic heterocycles. The van der Waals surface area contributed by atoms with Gasteiger partial charge in [-0.1, -0.05) is 13.8 Å². The van der Waals surface area contributed by atoms with Gasteiger partial charge in [-0.3, -0.25) is 0 Å². The van der Waals surface area contributed by atoms with Crippen molar-refractivity contribution in [3.8, 4) is 0 Å². The third-order valence-corrected chi connectivity index (χ3v) is 4.02. The summed E-state index contributed by atoms with van der Waals surface area (Å²) in [7, 11) is -2.15. The van der Waals surface area contributed by atoms with Crippen LogP contribution in [-0.4, -0.2) is 35.2 Å². The molecule has 1 heterocycles. The van der Waals surface area contributed by atoms with E-state index in [0.717, 1.165) is 13.0 Å². The molecule has 0 aliphatic carbocycles. The molecule has 0 aromatic carbocycles. The molecule has 0 unspecified atom stereocenters. The maximum absolute atomic E-state index is 11.5. The van der Waals surface area contributed by atoms with E-state index in [1.54, 1.807) is 6.07 Å². The van der Waals surface area contributed by atoms with Gasteiger partial charge in [-0.25, -0.2) is 13.1 Å². The van der Waals surface area contributed by atoms with Crippen molar-refractivity contribution < 1.29 is 17.6 Å². The second-order valence-corrected chi connectivity index (χ2v) is 6.72. The Morgan fingerprint density at radius 2 is 2.05 bits per heavy atom. The first kappa shape index (κ1) is 17.2. The Hall–Kier alpha value is -0.890. The number of sulfonamides is 1. The Morgan fingerprint density at radius 1 is 1.30 bits per heavy atom. The number of furan rings is 1. The Kier molecular flexibility index (Phi) is 7.22. The van der Waals surface area contributed by atoms with Crippen molar-refractivity contribution in [3.05, 3.63) is 17.9 Å². The lowest BCUT2D eigenvalue weighted by molar-refractivity contribution is 0.124. The molecule has 0 radical (unpaired) electrons. The van der Waals surface area contributed by atoms with Crippen molar-refractivity contribution in [1.82, 2.24) is 10.0 Å².